The summed E-state index contributed by atoms with van der Waals surface area (Å²) in [7, 11) is 0. The molecule has 8 rings (SSSR count). The minimum absolute atomic E-state index is 0.148. The highest BCUT2D eigenvalue weighted by Crippen LogP contribution is 2.72. The Balaban J connectivity index is 0.774. The van der Waals surface area contributed by atoms with Gasteiger partial charge in [-0.3, -0.25) is 24.1 Å². The zero-order chi connectivity index (χ0) is 47.6. The van der Waals surface area contributed by atoms with E-state index in [1.807, 2.05) is 42.5 Å². The van der Waals surface area contributed by atoms with E-state index in [9.17, 15) is 29.4 Å². The molecule has 0 spiro atoms. The standard InChI is InChI=1S/C50H58F2N2O12S/c1-31-13-15-47(2)38(25-31)39(51)27-37-36-28-42-50(41(57)30-55,48(36,3)29-40(56)49(37,47)52)66-46(65-42)32-7-9-34(10-8-32)67-35-6-4-5-33(26-35)53-43(58)14-17-61-19-21-63-23-24-64-22-20-62-18-16-54-44(59)11-12-45(54)60/h4-13,15,25-26,36-37,39-40,42,46,55-56H,1,14,16-24,27-30H2,2-3H3,(H,53,58)/t36-,37-,39-,40-,42+,46+,47-,48-,49-,50+/m0/s1. The van der Waals surface area contributed by atoms with Crippen molar-refractivity contribution < 1.29 is 66.6 Å². The molecule has 67 heavy (non-hydrogen) atoms. The Hall–Kier alpha value is -4.43. The van der Waals surface area contributed by atoms with E-state index in [2.05, 4.69) is 11.9 Å². The van der Waals surface area contributed by atoms with Crippen molar-refractivity contribution >= 4 is 41.0 Å². The second kappa shape index (κ2) is 20.3. The summed E-state index contributed by atoms with van der Waals surface area (Å²) in [5.74, 6) is -3.04. The Kier molecular flexibility index (Phi) is 14.8. The van der Waals surface area contributed by atoms with E-state index >= 15 is 8.78 Å². The number of halogens is 2. The zero-order valence-electron chi connectivity index (χ0n) is 37.7. The third kappa shape index (κ3) is 9.26. The molecule has 6 aliphatic rings. The van der Waals surface area contributed by atoms with Gasteiger partial charge in [-0.1, -0.05) is 61.7 Å². The minimum atomic E-state index is -2.23. The lowest BCUT2D eigenvalue weighted by Gasteiger charge is -2.63. The number of aliphatic hydroxyl groups is 2. The number of alkyl halides is 2. The fourth-order valence-electron chi connectivity index (χ4n) is 11.2. The highest BCUT2D eigenvalue weighted by atomic mass is 32.2. The molecule has 14 nitrogen and oxygen atoms in total. The van der Waals surface area contributed by atoms with Gasteiger partial charge in [-0.2, -0.15) is 0 Å². The number of nitrogens with zero attached hydrogens (tertiary/aromatic N) is 1. The number of anilines is 1. The number of aliphatic hydroxyl groups excluding tert-OH is 2. The van der Waals surface area contributed by atoms with Crippen molar-refractivity contribution in [2.24, 2.45) is 22.7 Å². The maximum Gasteiger partial charge on any atom is 0.253 e. The number of ketones is 1. The molecule has 3 amide bonds. The van der Waals surface area contributed by atoms with Crippen molar-refractivity contribution in [1.82, 2.24) is 4.90 Å². The number of carbonyl (C=O) groups excluding carboxylic acids is 4. The van der Waals surface area contributed by atoms with Gasteiger partial charge in [0.1, 0.15) is 12.8 Å². The van der Waals surface area contributed by atoms with Crippen LogP contribution in [-0.4, -0.2) is 134 Å². The lowest BCUT2D eigenvalue weighted by molar-refractivity contribution is -0.235. The number of amides is 3. The largest absolute Gasteiger partial charge is 0.390 e. The van der Waals surface area contributed by atoms with Crippen LogP contribution in [0, 0.1) is 22.7 Å². The van der Waals surface area contributed by atoms with Gasteiger partial charge < -0.3 is 44.0 Å². The van der Waals surface area contributed by atoms with Crippen molar-refractivity contribution in [3.05, 3.63) is 102 Å². The molecule has 2 aliphatic heterocycles. The number of carbonyl (C=O) groups is 4. The first-order valence-electron chi connectivity index (χ1n) is 22.8. The Morgan fingerprint density at radius 1 is 0.896 bits per heavy atom. The quantitative estimate of drug-likeness (QED) is 0.101. The first-order valence-corrected chi connectivity index (χ1v) is 23.6. The summed E-state index contributed by atoms with van der Waals surface area (Å²) >= 11 is 1.47. The summed E-state index contributed by atoms with van der Waals surface area (Å²) in [5.41, 5.74) is -4.44. The lowest BCUT2D eigenvalue weighted by atomic mass is 9.44. The molecule has 2 aromatic carbocycles. The maximum atomic E-state index is 17.8. The van der Waals surface area contributed by atoms with E-state index in [-0.39, 0.29) is 68.7 Å². The molecule has 10 atom stereocenters. The van der Waals surface area contributed by atoms with Crippen LogP contribution >= 0.6 is 11.8 Å². The highest BCUT2D eigenvalue weighted by Gasteiger charge is 2.80. The van der Waals surface area contributed by atoms with Gasteiger partial charge in [0, 0.05) is 49.9 Å². The van der Waals surface area contributed by atoms with Crippen molar-refractivity contribution in [3.8, 4) is 0 Å². The van der Waals surface area contributed by atoms with Crippen LogP contribution in [0.1, 0.15) is 51.4 Å². The van der Waals surface area contributed by atoms with Crippen LogP contribution in [0.4, 0.5) is 14.5 Å². The van der Waals surface area contributed by atoms with E-state index < -0.39 is 71.0 Å². The van der Waals surface area contributed by atoms with Crippen LogP contribution < -0.4 is 5.32 Å². The Morgan fingerprint density at radius 2 is 1.55 bits per heavy atom. The highest BCUT2D eigenvalue weighted by molar-refractivity contribution is 7.99. The molecule has 2 heterocycles. The van der Waals surface area contributed by atoms with E-state index in [0.29, 0.717) is 56.5 Å². The monoisotopic (exact) mass is 948 g/mol. The van der Waals surface area contributed by atoms with E-state index in [1.54, 1.807) is 38.1 Å². The number of hydrogen-bond acceptors (Lipinski definition) is 13. The summed E-state index contributed by atoms with van der Waals surface area (Å²) in [6.07, 6.45) is 2.46. The molecule has 0 aromatic heterocycles. The van der Waals surface area contributed by atoms with Crippen LogP contribution in [-0.2, 0) is 47.6 Å². The van der Waals surface area contributed by atoms with Crippen LogP contribution in [0.15, 0.2) is 106 Å². The number of fused-ring (bicyclic) bond motifs is 7. The van der Waals surface area contributed by atoms with Crippen molar-refractivity contribution in [3.63, 3.8) is 0 Å². The lowest BCUT2D eigenvalue weighted by Crippen LogP contribution is -2.70. The summed E-state index contributed by atoms with van der Waals surface area (Å²) in [6, 6.07) is 14.9. The number of nitrogens with one attached hydrogen (secondary N) is 1. The van der Waals surface area contributed by atoms with Gasteiger partial charge in [0.25, 0.3) is 11.8 Å². The minimum Gasteiger partial charge on any atom is -0.390 e. The number of allylic oxidation sites excluding steroid dienone is 5. The molecule has 17 heteroatoms. The number of rotatable bonds is 21. The van der Waals surface area contributed by atoms with Crippen LogP contribution in [0.2, 0.25) is 0 Å². The fourth-order valence-corrected chi connectivity index (χ4v) is 12.1. The summed E-state index contributed by atoms with van der Waals surface area (Å²) in [4.78, 5) is 52.5. The molecule has 4 fully saturated rings. The second-order valence-corrected chi connectivity index (χ2v) is 19.4. The Morgan fingerprint density at radius 3 is 2.22 bits per heavy atom. The number of imide groups is 1. The molecule has 360 valence electrons. The predicted molar refractivity (Wildman–Crippen MR) is 241 cm³/mol. The third-order valence-electron chi connectivity index (χ3n) is 14.5. The number of hydrogen-bond donors (Lipinski definition) is 3. The first-order chi connectivity index (χ1) is 32.1. The van der Waals surface area contributed by atoms with E-state index in [1.165, 1.54) is 23.9 Å². The van der Waals surface area contributed by atoms with Crippen LogP contribution in [0.25, 0.3) is 0 Å². The van der Waals surface area contributed by atoms with Gasteiger partial charge in [-0.15, -0.1) is 0 Å². The van der Waals surface area contributed by atoms with Gasteiger partial charge >= 0.3 is 0 Å². The molecule has 4 aliphatic carbocycles. The number of benzene rings is 2. The van der Waals surface area contributed by atoms with Gasteiger partial charge in [-0.05, 0) is 73.6 Å². The molecule has 3 N–H and O–H groups in total. The van der Waals surface area contributed by atoms with Gasteiger partial charge in [-0.25, -0.2) is 8.78 Å². The molecule has 1 saturated heterocycles. The van der Waals surface area contributed by atoms with E-state index in [0.717, 1.165) is 14.7 Å². The summed E-state index contributed by atoms with van der Waals surface area (Å²) < 4.78 is 68.9. The molecule has 0 bridgehead atoms. The van der Waals surface area contributed by atoms with Crippen LogP contribution in [0.3, 0.4) is 0 Å². The molecule has 0 radical (unpaired) electrons. The third-order valence-corrected chi connectivity index (χ3v) is 15.5. The second-order valence-electron chi connectivity index (χ2n) is 18.3. The molecular formula is C50H58F2N2O12S. The first kappa shape index (κ1) is 49.0. The Bertz CT molecular complexity index is 2290. The smallest absolute Gasteiger partial charge is 0.253 e. The fraction of sp³-hybridized carbons (Fsp3) is 0.520. The summed E-state index contributed by atoms with van der Waals surface area (Å²) in [5, 5.41) is 25.1. The number of Topliss-reactive ketones (excluding diaryl/α,β-unsaturated/α-hetero) is 1. The van der Waals surface area contributed by atoms with Crippen molar-refractivity contribution in [2.75, 3.05) is 71.3 Å². The van der Waals surface area contributed by atoms with Crippen molar-refractivity contribution in [2.45, 2.75) is 85.3 Å². The van der Waals surface area contributed by atoms with Gasteiger partial charge in [0.2, 0.25) is 5.91 Å². The zero-order valence-corrected chi connectivity index (χ0v) is 38.5. The molecule has 0 unspecified atom stereocenters. The SMILES string of the molecule is C=C1C=C[C@@]2(C)C(=C1)[C@@H](F)C[C@H]1[C@@H]3C[C@H]4O[C@@H](c5ccc(Sc6cccc(NC(=O)CCOCCOCCOCCOCCN7C(=O)C=CC7=O)c6)cc5)O[C@@]4(C(=O)CO)[C@@]3(C)C[C@H](O)[C@@]12F. The Labute approximate surface area is 392 Å². The van der Waals surface area contributed by atoms with Gasteiger partial charge in [0.05, 0.1) is 78.0 Å². The average Bonchev–Trinajstić information content (AvgIpc) is 3.93. The molecular weight excluding hydrogens is 891 g/mol. The molecule has 3 saturated carbocycles. The predicted octanol–water partition coefficient (Wildman–Crippen LogP) is 5.79. The normalized spacial score (nSPS) is 32.8. The van der Waals surface area contributed by atoms with E-state index in [4.69, 9.17) is 28.4 Å². The maximum absolute atomic E-state index is 17.8. The summed E-state index contributed by atoms with van der Waals surface area (Å²) in [6.45, 7) is 9.18. The van der Waals surface area contributed by atoms with Crippen molar-refractivity contribution in [1.29, 1.82) is 0 Å². The average molecular weight is 949 g/mol. The molecule has 2 aromatic rings. The van der Waals surface area contributed by atoms with Crippen LogP contribution in [0.5, 0.6) is 0 Å². The van der Waals surface area contributed by atoms with Gasteiger partial charge in [0.15, 0.2) is 23.3 Å². The number of ether oxygens (including phenoxy) is 6. The topological polar surface area (TPSA) is 179 Å².